The zero-order chi connectivity index (χ0) is 11.5. The summed E-state index contributed by atoms with van der Waals surface area (Å²) in [5.74, 6) is 1.14. The maximum absolute atomic E-state index is 9.34. The van der Waals surface area contributed by atoms with Gasteiger partial charge in [-0.2, -0.15) is 11.8 Å². The van der Waals surface area contributed by atoms with E-state index >= 15 is 0 Å². The smallest absolute Gasteiger partial charge is 0.0703 e. The fourth-order valence-corrected chi connectivity index (χ4v) is 3.18. The van der Waals surface area contributed by atoms with E-state index in [4.69, 9.17) is 0 Å². The van der Waals surface area contributed by atoms with Gasteiger partial charge in [0.1, 0.15) is 0 Å². The van der Waals surface area contributed by atoms with Gasteiger partial charge in [0.2, 0.25) is 0 Å². The number of anilines is 1. The molecule has 2 unspecified atom stereocenters. The van der Waals surface area contributed by atoms with Crippen molar-refractivity contribution in [2.24, 2.45) is 0 Å². The van der Waals surface area contributed by atoms with Gasteiger partial charge in [-0.25, -0.2) is 0 Å². The van der Waals surface area contributed by atoms with E-state index < -0.39 is 0 Å². The van der Waals surface area contributed by atoms with Crippen LogP contribution in [0.4, 0.5) is 5.69 Å². The molecule has 16 heavy (non-hydrogen) atoms. The van der Waals surface area contributed by atoms with Gasteiger partial charge >= 0.3 is 0 Å². The number of rotatable bonds is 2. The Kier molecular flexibility index (Phi) is 3.71. The Balaban J connectivity index is 2.28. The normalized spacial score (nSPS) is 25.8. The van der Waals surface area contributed by atoms with E-state index in [1.54, 1.807) is 6.20 Å². The van der Waals surface area contributed by atoms with Crippen molar-refractivity contribution >= 4 is 17.4 Å². The van der Waals surface area contributed by atoms with Gasteiger partial charge in [0.15, 0.2) is 0 Å². The highest BCUT2D eigenvalue weighted by Gasteiger charge is 2.26. The summed E-state index contributed by atoms with van der Waals surface area (Å²) in [5.41, 5.74) is 2.06. The van der Waals surface area contributed by atoms with Gasteiger partial charge in [0, 0.05) is 35.3 Å². The lowest BCUT2D eigenvalue weighted by Crippen LogP contribution is -2.45. The number of hydrogen-bond donors (Lipinski definition) is 1. The van der Waals surface area contributed by atoms with E-state index in [1.807, 2.05) is 24.0 Å². The predicted octanol–water partition coefficient (Wildman–Crippen LogP) is 1.90. The molecule has 0 aromatic carbocycles. The van der Waals surface area contributed by atoms with Crippen LogP contribution in [0, 0.1) is 0 Å². The lowest BCUT2D eigenvalue weighted by Gasteiger charge is -2.39. The number of thioether (sulfide) groups is 1. The summed E-state index contributed by atoms with van der Waals surface area (Å²) in [6.07, 6.45) is 3.60. The van der Waals surface area contributed by atoms with E-state index in [-0.39, 0.29) is 6.61 Å². The first-order valence-corrected chi connectivity index (χ1v) is 6.71. The van der Waals surface area contributed by atoms with Crippen LogP contribution >= 0.6 is 11.8 Å². The maximum atomic E-state index is 9.34. The van der Waals surface area contributed by atoms with Crippen LogP contribution in [0.2, 0.25) is 0 Å². The summed E-state index contributed by atoms with van der Waals surface area (Å²) >= 11 is 2.01. The topological polar surface area (TPSA) is 36.4 Å². The molecule has 2 rings (SSSR count). The third-order valence-electron chi connectivity index (χ3n) is 3.25. The standard InChI is InChI=1S/C12H18N2OS/c1-9-10(2)16-6-5-14(9)12-7-13-4-3-11(12)8-15/h3-4,7,9-10,15H,5-6,8H2,1-2H3. The van der Waals surface area contributed by atoms with Crippen LogP contribution in [0.15, 0.2) is 18.5 Å². The Morgan fingerprint density at radius 1 is 1.56 bits per heavy atom. The highest BCUT2D eigenvalue weighted by Crippen LogP contribution is 2.30. The Bertz CT molecular complexity index is 359. The predicted molar refractivity (Wildman–Crippen MR) is 68.9 cm³/mol. The summed E-state index contributed by atoms with van der Waals surface area (Å²) in [6, 6.07) is 2.39. The SMILES string of the molecule is CC1SCCN(c2cnccc2CO)C1C. The highest BCUT2D eigenvalue weighted by atomic mass is 32.2. The summed E-state index contributed by atoms with van der Waals surface area (Å²) < 4.78 is 0. The van der Waals surface area contributed by atoms with Gasteiger partial charge in [-0.15, -0.1) is 0 Å². The lowest BCUT2D eigenvalue weighted by atomic mass is 10.1. The summed E-state index contributed by atoms with van der Waals surface area (Å²) in [4.78, 5) is 6.53. The largest absolute Gasteiger partial charge is 0.392 e. The fourth-order valence-electron chi connectivity index (χ4n) is 2.08. The van der Waals surface area contributed by atoms with E-state index in [0.717, 1.165) is 23.5 Å². The molecule has 0 bridgehead atoms. The van der Waals surface area contributed by atoms with Crippen LogP contribution in [0.5, 0.6) is 0 Å². The average molecular weight is 238 g/mol. The first-order chi connectivity index (χ1) is 7.74. The molecule has 1 aromatic heterocycles. The molecule has 1 fully saturated rings. The molecule has 2 atom stereocenters. The molecule has 4 heteroatoms. The van der Waals surface area contributed by atoms with Gasteiger partial charge in [-0.3, -0.25) is 4.98 Å². The highest BCUT2D eigenvalue weighted by molar-refractivity contribution is 8.00. The minimum atomic E-state index is 0.0859. The molecule has 88 valence electrons. The molecule has 1 aliphatic heterocycles. The maximum Gasteiger partial charge on any atom is 0.0703 e. The zero-order valence-electron chi connectivity index (χ0n) is 9.76. The minimum absolute atomic E-state index is 0.0859. The Morgan fingerprint density at radius 2 is 2.38 bits per heavy atom. The summed E-state index contributed by atoms with van der Waals surface area (Å²) in [7, 11) is 0. The molecule has 2 heterocycles. The van der Waals surface area contributed by atoms with Gasteiger partial charge in [0.25, 0.3) is 0 Å². The summed E-state index contributed by atoms with van der Waals surface area (Å²) in [5, 5.41) is 9.97. The van der Waals surface area contributed by atoms with Crippen LogP contribution < -0.4 is 4.90 Å². The van der Waals surface area contributed by atoms with Crippen molar-refractivity contribution in [3.05, 3.63) is 24.0 Å². The quantitative estimate of drug-likeness (QED) is 0.854. The van der Waals surface area contributed by atoms with E-state index in [9.17, 15) is 5.11 Å². The molecular weight excluding hydrogens is 220 g/mol. The van der Waals surface area contributed by atoms with Crippen LogP contribution in [0.1, 0.15) is 19.4 Å². The second-order valence-electron chi connectivity index (χ2n) is 4.17. The van der Waals surface area contributed by atoms with Gasteiger partial charge in [0.05, 0.1) is 18.5 Å². The number of aliphatic hydroxyl groups excluding tert-OH is 1. The number of aromatic nitrogens is 1. The molecule has 3 nitrogen and oxygen atoms in total. The van der Waals surface area contributed by atoms with Crippen LogP contribution in [0.3, 0.4) is 0 Å². The molecule has 1 N–H and O–H groups in total. The molecule has 0 saturated carbocycles. The van der Waals surface area contributed by atoms with Gasteiger partial charge in [-0.1, -0.05) is 6.92 Å². The molecular formula is C12H18N2OS. The van der Waals surface area contributed by atoms with Crippen molar-refractivity contribution in [1.82, 2.24) is 4.98 Å². The van der Waals surface area contributed by atoms with Crippen molar-refractivity contribution < 1.29 is 5.11 Å². The average Bonchev–Trinajstić information content (AvgIpc) is 2.33. The molecule has 0 aliphatic carbocycles. The minimum Gasteiger partial charge on any atom is -0.392 e. The Labute approximate surface area is 101 Å². The first-order valence-electron chi connectivity index (χ1n) is 5.66. The van der Waals surface area contributed by atoms with Crippen molar-refractivity contribution in [3.8, 4) is 0 Å². The van der Waals surface area contributed by atoms with Crippen molar-refractivity contribution in [3.63, 3.8) is 0 Å². The first kappa shape index (κ1) is 11.7. The third-order valence-corrected chi connectivity index (χ3v) is 4.59. The molecule has 1 aliphatic rings. The fraction of sp³-hybridized carbons (Fsp3) is 0.583. The molecule has 0 radical (unpaired) electrons. The van der Waals surface area contributed by atoms with Crippen LogP contribution in [-0.2, 0) is 6.61 Å². The molecule has 1 saturated heterocycles. The number of aliphatic hydroxyl groups is 1. The molecule has 0 amide bonds. The second-order valence-corrected chi connectivity index (χ2v) is 5.66. The molecule has 1 aromatic rings. The van der Waals surface area contributed by atoms with Crippen LogP contribution in [0.25, 0.3) is 0 Å². The Hall–Kier alpha value is -0.740. The second kappa shape index (κ2) is 5.06. The van der Waals surface area contributed by atoms with Crippen molar-refractivity contribution in [2.75, 3.05) is 17.2 Å². The number of hydrogen-bond acceptors (Lipinski definition) is 4. The number of pyridine rings is 1. The number of nitrogens with zero attached hydrogens (tertiary/aromatic N) is 2. The van der Waals surface area contributed by atoms with E-state index in [2.05, 4.69) is 23.7 Å². The van der Waals surface area contributed by atoms with Crippen molar-refractivity contribution in [1.29, 1.82) is 0 Å². The third kappa shape index (κ3) is 2.18. The van der Waals surface area contributed by atoms with Gasteiger partial charge < -0.3 is 10.0 Å². The van der Waals surface area contributed by atoms with E-state index in [0.29, 0.717) is 11.3 Å². The van der Waals surface area contributed by atoms with Crippen molar-refractivity contribution in [2.45, 2.75) is 31.7 Å². The Morgan fingerprint density at radius 3 is 3.12 bits per heavy atom. The summed E-state index contributed by atoms with van der Waals surface area (Å²) in [6.45, 7) is 5.62. The molecule has 0 spiro atoms. The lowest BCUT2D eigenvalue weighted by molar-refractivity contribution is 0.281. The zero-order valence-corrected chi connectivity index (χ0v) is 10.6. The monoisotopic (exact) mass is 238 g/mol. The van der Waals surface area contributed by atoms with Gasteiger partial charge in [-0.05, 0) is 13.0 Å². The van der Waals surface area contributed by atoms with E-state index in [1.165, 1.54) is 0 Å². The van der Waals surface area contributed by atoms with Crippen LogP contribution in [-0.4, -0.2) is 33.7 Å².